The van der Waals surface area contributed by atoms with Gasteiger partial charge in [-0.15, -0.1) is 0 Å². The van der Waals surface area contributed by atoms with Crippen LogP contribution in [0.4, 0.5) is 17.1 Å². The molecule has 0 atom stereocenters. The molecule has 5 nitrogen and oxygen atoms in total. The van der Waals surface area contributed by atoms with Crippen LogP contribution in [0.15, 0.2) is 114 Å². The Balaban J connectivity index is 1.76. The minimum absolute atomic E-state index is 0.236. The first kappa shape index (κ1) is 25.7. The van der Waals surface area contributed by atoms with Gasteiger partial charge in [-0.1, -0.05) is 84.4 Å². The maximum absolute atomic E-state index is 14.8. The van der Waals surface area contributed by atoms with E-state index in [2.05, 4.69) is 16.0 Å². The zero-order valence-corrected chi connectivity index (χ0v) is 23.8. The number of benzene rings is 5. The first-order valence-corrected chi connectivity index (χ1v) is 14.7. The number of rotatable bonds is 6. The highest BCUT2D eigenvalue weighted by atomic mass is 32.2. The highest BCUT2D eigenvalue weighted by molar-refractivity contribution is 7.93. The van der Waals surface area contributed by atoms with Crippen molar-refractivity contribution in [2.45, 2.75) is 18.7 Å². The molecule has 0 amide bonds. The average Bonchev–Trinajstić information content (AvgIpc) is 3.31. The molecule has 0 saturated heterocycles. The first-order valence-electron chi connectivity index (χ1n) is 13.2. The van der Waals surface area contributed by atoms with Gasteiger partial charge in [0.05, 0.1) is 22.0 Å². The minimum Gasteiger partial charge on any atom is -0.377 e. The van der Waals surface area contributed by atoms with E-state index in [0.29, 0.717) is 11.4 Å². The Morgan fingerprint density at radius 1 is 0.625 bits per heavy atom. The minimum atomic E-state index is -4.05. The van der Waals surface area contributed by atoms with Crippen molar-refractivity contribution in [2.75, 3.05) is 23.3 Å². The van der Waals surface area contributed by atoms with E-state index in [9.17, 15) is 8.42 Å². The second-order valence-electron chi connectivity index (χ2n) is 10.4. The fourth-order valence-corrected chi connectivity index (χ4v) is 6.88. The molecule has 1 aromatic heterocycles. The lowest BCUT2D eigenvalue weighted by atomic mass is 10.0. The number of nitrogens with one attached hydrogen (secondary N) is 1. The van der Waals surface area contributed by atoms with Crippen LogP contribution < -0.4 is 9.21 Å². The standard InChI is InChI=1S/C34H31N3O2S/c1-23-14-17-26(18-15-23)40(38,39)37(32-21-20-31(36(3)4)27-12-8-9-13-28(27)32)34-29-19-16-24(2)22-30(29)35-33(34)25-10-6-5-7-11-25/h5-22,35H,1-4H3. The fraction of sp³-hybridized carbons (Fsp3) is 0.118. The summed E-state index contributed by atoms with van der Waals surface area (Å²) >= 11 is 0. The molecule has 0 aliphatic carbocycles. The van der Waals surface area contributed by atoms with Crippen LogP contribution in [-0.4, -0.2) is 27.5 Å². The van der Waals surface area contributed by atoms with Crippen molar-refractivity contribution in [2.24, 2.45) is 0 Å². The van der Waals surface area contributed by atoms with Crippen molar-refractivity contribution in [1.82, 2.24) is 4.98 Å². The van der Waals surface area contributed by atoms with E-state index < -0.39 is 10.0 Å². The van der Waals surface area contributed by atoms with Crippen molar-refractivity contribution in [1.29, 1.82) is 0 Å². The van der Waals surface area contributed by atoms with Crippen LogP contribution in [0.25, 0.3) is 32.9 Å². The molecule has 1 heterocycles. The summed E-state index contributed by atoms with van der Waals surface area (Å²) in [6, 6.07) is 35.0. The zero-order chi connectivity index (χ0) is 28.0. The smallest absolute Gasteiger partial charge is 0.268 e. The maximum Gasteiger partial charge on any atom is 0.268 e. The molecule has 0 spiro atoms. The van der Waals surface area contributed by atoms with E-state index >= 15 is 0 Å². The molecule has 5 aromatic carbocycles. The molecule has 0 aliphatic rings. The summed E-state index contributed by atoms with van der Waals surface area (Å²) < 4.78 is 31.1. The van der Waals surface area contributed by atoms with Crippen molar-refractivity contribution >= 4 is 48.8 Å². The monoisotopic (exact) mass is 545 g/mol. The molecule has 0 saturated carbocycles. The Labute approximate surface area is 235 Å². The van der Waals surface area contributed by atoms with Gasteiger partial charge in [-0.05, 0) is 49.7 Å². The third kappa shape index (κ3) is 4.31. The molecule has 40 heavy (non-hydrogen) atoms. The maximum atomic E-state index is 14.8. The number of H-pyrrole nitrogens is 1. The number of nitrogens with zero attached hydrogens (tertiary/aromatic N) is 2. The van der Waals surface area contributed by atoms with Gasteiger partial charge >= 0.3 is 0 Å². The van der Waals surface area contributed by atoms with Crippen LogP contribution >= 0.6 is 0 Å². The van der Waals surface area contributed by atoms with E-state index in [-0.39, 0.29) is 4.90 Å². The molecule has 0 aliphatic heterocycles. The molecule has 0 fully saturated rings. The number of sulfonamides is 1. The molecule has 6 heteroatoms. The molecule has 0 bridgehead atoms. The number of aryl methyl sites for hydroxylation is 2. The molecule has 0 radical (unpaired) electrons. The zero-order valence-electron chi connectivity index (χ0n) is 23.0. The van der Waals surface area contributed by atoms with Gasteiger partial charge in [0.25, 0.3) is 10.0 Å². The van der Waals surface area contributed by atoms with Crippen molar-refractivity contribution < 1.29 is 8.42 Å². The summed E-state index contributed by atoms with van der Waals surface area (Å²) in [5, 5.41) is 2.66. The number of aromatic amines is 1. The topological polar surface area (TPSA) is 56.4 Å². The number of fused-ring (bicyclic) bond motifs is 2. The van der Waals surface area contributed by atoms with E-state index in [1.807, 2.05) is 119 Å². The number of hydrogen-bond acceptors (Lipinski definition) is 3. The number of anilines is 3. The van der Waals surface area contributed by atoms with Gasteiger partial charge in [0.1, 0.15) is 0 Å². The third-order valence-electron chi connectivity index (χ3n) is 7.33. The number of aromatic nitrogens is 1. The molecule has 1 N–H and O–H groups in total. The Morgan fingerprint density at radius 2 is 1.23 bits per heavy atom. The second-order valence-corrected chi connectivity index (χ2v) is 12.2. The Bertz CT molecular complexity index is 1960. The third-order valence-corrected chi connectivity index (χ3v) is 9.06. The molecule has 6 rings (SSSR count). The summed E-state index contributed by atoms with van der Waals surface area (Å²) in [4.78, 5) is 5.85. The summed E-state index contributed by atoms with van der Waals surface area (Å²) in [5.41, 5.74) is 6.84. The lowest BCUT2D eigenvalue weighted by Crippen LogP contribution is -2.27. The van der Waals surface area contributed by atoms with Crippen LogP contribution in [0.2, 0.25) is 0 Å². The van der Waals surface area contributed by atoms with Gasteiger partial charge in [0.2, 0.25) is 0 Å². The van der Waals surface area contributed by atoms with Gasteiger partial charge < -0.3 is 9.88 Å². The molecule has 200 valence electrons. The predicted octanol–water partition coefficient (Wildman–Crippen LogP) is 8.20. The second kappa shape index (κ2) is 9.88. The van der Waals surface area contributed by atoms with E-state index in [4.69, 9.17) is 0 Å². The highest BCUT2D eigenvalue weighted by Gasteiger charge is 2.33. The van der Waals surface area contributed by atoms with Gasteiger partial charge in [-0.25, -0.2) is 12.7 Å². The lowest BCUT2D eigenvalue weighted by molar-refractivity contribution is 0.596. The molecule has 0 unspecified atom stereocenters. The Kier molecular flexibility index (Phi) is 6.35. The Hall–Kier alpha value is -4.55. The lowest BCUT2D eigenvalue weighted by Gasteiger charge is -2.28. The van der Waals surface area contributed by atoms with Gasteiger partial charge in [0.15, 0.2) is 0 Å². The molecular weight excluding hydrogens is 514 g/mol. The summed E-state index contributed by atoms with van der Waals surface area (Å²) in [6.45, 7) is 3.99. The van der Waals surface area contributed by atoms with Gasteiger partial charge in [-0.3, -0.25) is 0 Å². The van der Waals surface area contributed by atoms with Crippen molar-refractivity contribution in [3.8, 4) is 11.3 Å². The first-order chi connectivity index (χ1) is 19.3. The quantitative estimate of drug-likeness (QED) is 0.229. The average molecular weight is 546 g/mol. The summed E-state index contributed by atoms with van der Waals surface area (Å²) in [7, 11) is -0.0552. The highest BCUT2D eigenvalue weighted by Crippen LogP contribution is 2.47. The summed E-state index contributed by atoms with van der Waals surface area (Å²) in [6.07, 6.45) is 0. The van der Waals surface area contributed by atoms with Crippen molar-refractivity contribution in [3.63, 3.8) is 0 Å². The fourth-order valence-electron chi connectivity index (χ4n) is 5.34. The summed E-state index contributed by atoms with van der Waals surface area (Å²) in [5.74, 6) is 0. The van der Waals surface area contributed by atoms with E-state index in [1.165, 1.54) is 4.31 Å². The number of hydrogen-bond donors (Lipinski definition) is 1. The molecular formula is C34H31N3O2S. The van der Waals surface area contributed by atoms with Gasteiger partial charge in [0, 0.05) is 47.0 Å². The van der Waals surface area contributed by atoms with Crippen LogP contribution in [0.5, 0.6) is 0 Å². The molecule has 6 aromatic rings. The van der Waals surface area contributed by atoms with E-state index in [0.717, 1.165) is 49.7 Å². The van der Waals surface area contributed by atoms with Crippen LogP contribution in [0.1, 0.15) is 11.1 Å². The Morgan fingerprint density at radius 3 is 1.90 bits per heavy atom. The predicted molar refractivity (Wildman–Crippen MR) is 167 cm³/mol. The van der Waals surface area contributed by atoms with Crippen molar-refractivity contribution in [3.05, 3.63) is 120 Å². The van der Waals surface area contributed by atoms with Gasteiger partial charge in [-0.2, -0.15) is 0 Å². The van der Waals surface area contributed by atoms with Crippen LogP contribution in [0.3, 0.4) is 0 Å². The van der Waals surface area contributed by atoms with E-state index in [1.54, 1.807) is 12.1 Å². The SMILES string of the molecule is Cc1ccc(S(=O)(=O)N(c2c(-c3ccccc3)[nH]c3cc(C)ccc23)c2ccc(N(C)C)c3ccccc23)cc1. The van der Waals surface area contributed by atoms with Crippen LogP contribution in [0, 0.1) is 13.8 Å². The van der Waals surface area contributed by atoms with Crippen LogP contribution in [-0.2, 0) is 10.0 Å². The normalized spacial score (nSPS) is 11.7. The largest absolute Gasteiger partial charge is 0.377 e.